The molecule has 6 nitrogen and oxygen atoms in total. The molecule has 1 aromatic carbocycles. The summed E-state index contributed by atoms with van der Waals surface area (Å²) in [7, 11) is 0. The summed E-state index contributed by atoms with van der Waals surface area (Å²) in [5, 5.41) is 19.1. The highest BCUT2D eigenvalue weighted by atomic mass is 16.3. The molecular formula is C16H15N3O3. The maximum absolute atomic E-state index is 12.6. The molecule has 2 fully saturated rings. The standard InChI is InChI=1S/C16H15N3O3/c17-8-9-4-5-12(11-3-1-2-10(9)11)19-15(21)14-13(20)6-7-18(14)16(19)22/h4-5,13-14,20H,1-3,6-7H2/t13?,14-/m0/s1. The van der Waals surface area contributed by atoms with Gasteiger partial charge in [-0.05, 0) is 48.9 Å². The highest BCUT2D eigenvalue weighted by molar-refractivity contribution is 6.22. The van der Waals surface area contributed by atoms with Crippen LogP contribution in [-0.2, 0) is 17.6 Å². The van der Waals surface area contributed by atoms with Gasteiger partial charge in [-0.2, -0.15) is 5.26 Å². The molecule has 0 radical (unpaired) electrons. The predicted molar refractivity (Wildman–Crippen MR) is 77.2 cm³/mol. The largest absolute Gasteiger partial charge is 0.390 e. The Morgan fingerprint density at radius 2 is 2.00 bits per heavy atom. The Hall–Kier alpha value is -2.39. The summed E-state index contributed by atoms with van der Waals surface area (Å²) >= 11 is 0. The highest BCUT2D eigenvalue weighted by Crippen LogP contribution is 2.38. The zero-order chi connectivity index (χ0) is 15.4. The number of fused-ring (bicyclic) bond motifs is 2. The van der Waals surface area contributed by atoms with Crippen molar-refractivity contribution < 1.29 is 14.7 Å². The molecule has 0 spiro atoms. The molecule has 2 aliphatic heterocycles. The van der Waals surface area contributed by atoms with E-state index in [9.17, 15) is 20.0 Å². The van der Waals surface area contributed by atoms with Crippen LogP contribution in [0.3, 0.4) is 0 Å². The lowest BCUT2D eigenvalue weighted by Crippen LogP contribution is -2.36. The van der Waals surface area contributed by atoms with Crippen molar-refractivity contribution in [2.75, 3.05) is 11.4 Å². The van der Waals surface area contributed by atoms with Crippen LogP contribution in [0, 0.1) is 11.3 Å². The van der Waals surface area contributed by atoms with Crippen LogP contribution < -0.4 is 4.90 Å². The van der Waals surface area contributed by atoms with E-state index in [2.05, 4.69) is 6.07 Å². The third-order valence-corrected chi connectivity index (χ3v) is 4.90. The molecule has 2 heterocycles. The third kappa shape index (κ3) is 1.57. The van der Waals surface area contributed by atoms with Crippen molar-refractivity contribution in [1.29, 1.82) is 5.26 Å². The number of aliphatic hydroxyl groups excluding tert-OH is 1. The van der Waals surface area contributed by atoms with E-state index in [1.54, 1.807) is 12.1 Å². The molecule has 3 amide bonds. The minimum atomic E-state index is -0.784. The molecular weight excluding hydrogens is 282 g/mol. The Morgan fingerprint density at radius 3 is 2.73 bits per heavy atom. The number of nitrogens with zero attached hydrogens (tertiary/aromatic N) is 3. The van der Waals surface area contributed by atoms with E-state index < -0.39 is 12.1 Å². The van der Waals surface area contributed by atoms with Gasteiger partial charge in [-0.1, -0.05) is 0 Å². The van der Waals surface area contributed by atoms with Crippen LogP contribution in [0.2, 0.25) is 0 Å². The van der Waals surface area contributed by atoms with E-state index in [0.717, 1.165) is 30.4 Å². The zero-order valence-corrected chi connectivity index (χ0v) is 12.0. The summed E-state index contributed by atoms with van der Waals surface area (Å²) in [6.07, 6.45) is 2.16. The first kappa shape index (κ1) is 13.3. The molecule has 1 aromatic rings. The van der Waals surface area contributed by atoms with Crippen LogP contribution in [-0.4, -0.2) is 40.6 Å². The van der Waals surface area contributed by atoms with Gasteiger partial charge in [-0.25, -0.2) is 9.69 Å². The first-order valence-electron chi connectivity index (χ1n) is 7.51. The molecule has 1 N–H and O–H groups in total. The van der Waals surface area contributed by atoms with E-state index in [1.165, 1.54) is 9.80 Å². The van der Waals surface area contributed by atoms with Gasteiger partial charge in [0.2, 0.25) is 0 Å². The van der Waals surface area contributed by atoms with Gasteiger partial charge in [-0.3, -0.25) is 4.79 Å². The first-order chi connectivity index (χ1) is 10.6. The zero-order valence-electron chi connectivity index (χ0n) is 12.0. The molecule has 0 aromatic heterocycles. The smallest absolute Gasteiger partial charge is 0.332 e. The number of anilines is 1. The number of hydrogen-bond acceptors (Lipinski definition) is 4. The van der Waals surface area contributed by atoms with E-state index in [4.69, 9.17) is 0 Å². The average Bonchev–Trinajstić information content (AvgIpc) is 3.18. The minimum absolute atomic E-state index is 0.353. The van der Waals surface area contributed by atoms with Gasteiger partial charge < -0.3 is 10.0 Å². The number of aliphatic hydroxyl groups is 1. The molecule has 112 valence electrons. The van der Waals surface area contributed by atoms with Crippen LogP contribution in [0.15, 0.2) is 12.1 Å². The molecule has 0 saturated carbocycles. The molecule has 2 saturated heterocycles. The fourth-order valence-corrected chi connectivity index (χ4v) is 3.87. The maximum atomic E-state index is 12.6. The fourth-order valence-electron chi connectivity index (χ4n) is 3.87. The number of nitriles is 1. The number of carbonyl (C=O) groups excluding carboxylic acids is 2. The number of urea groups is 1. The first-order valence-corrected chi connectivity index (χ1v) is 7.51. The Balaban J connectivity index is 1.81. The van der Waals surface area contributed by atoms with Crippen molar-refractivity contribution in [2.24, 2.45) is 0 Å². The second kappa shape index (κ2) is 4.55. The highest BCUT2D eigenvalue weighted by Gasteiger charge is 2.53. The summed E-state index contributed by atoms with van der Waals surface area (Å²) in [5.74, 6) is -0.353. The molecule has 6 heteroatoms. The summed E-state index contributed by atoms with van der Waals surface area (Å²) in [5.41, 5.74) is 3.09. The van der Waals surface area contributed by atoms with Crippen LogP contribution in [0.4, 0.5) is 10.5 Å². The number of carbonyl (C=O) groups is 2. The second-order valence-corrected chi connectivity index (χ2v) is 6.01. The van der Waals surface area contributed by atoms with E-state index in [0.29, 0.717) is 24.2 Å². The number of rotatable bonds is 1. The molecule has 1 unspecified atom stereocenters. The summed E-state index contributed by atoms with van der Waals surface area (Å²) in [4.78, 5) is 27.8. The second-order valence-electron chi connectivity index (χ2n) is 6.01. The molecule has 22 heavy (non-hydrogen) atoms. The van der Waals surface area contributed by atoms with Crippen molar-refractivity contribution in [3.63, 3.8) is 0 Å². The van der Waals surface area contributed by atoms with Gasteiger partial charge in [0.15, 0.2) is 0 Å². The minimum Gasteiger partial charge on any atom is -0.390 e. The van der Waals surface area contributed by atoms with Gasteiger partial charge in [0.1, 0.15) is 6.04 Å². The van der Waals surface area contributed by atoms with Gasteiger partial charge in [-0.15, -0.1) is 0 Å². The number of imide groups is 1. The van der Waals surface area contributed by atoms with Crippen molar-refractivity contribution in [1.82, 2.24) is 4.90 Å². The van der Waals surface area contributed by atoms with Crippen LogP contribution >= 0.6 is 0 Å². The van der Waals surface area contributed by atoms with Gasteiger partial charge in [0, 0.05) is 6.54 Å². The van der Waals surface area contributed by atoms with Crippen LogP contribution in [0.5, 0.6) is 0 Å². The molecule has 3 aliphatic rings. The van der Waals surface area contributed by atoms with E-state index in [1.807, 2.05) is 0 Å². The molecule has 0 bridgehead atoms. The normalized spacial score (nSPS) is 26.4. The lowest BCUT2D eigenvalue weighted by atomic mass is 10.0. The lowest BCUT2D eigenvalue weighted by molar-refractivity contribution is -0.121. The van der Waals surface area contributed by atoms with Crippen molar-refractivity contribution in [3.05, 3.63) is 28.8 Å². The fraction of sp³-hybridized carbons (Fsp3) is 0.438. The number of benzene rings is 1. The average molecular weight is 297 g/mol. The summed E-state index contributed by atoms with van der Waals surface area (Å²) in [6, 6.07) is 4.44. The predicted octanol–water partition coefficient (Wildman–Crippen LogP) is 0.949. The van der Waals surface area contributed by atoms with Gasteiger partial charge in [0.25, 0.3) is 5.91 Å². The molecule has 1 aliphatic carbocycles. The van der Waals surface area contributed by atoms with Gasteiger partial charge >= 0.3 is 6.03 Å². The monoisotopic (exact) mass is 297 g/mol. The van der Waals surface area contributed by atoms with Crippen molar-refractivity contribution >= 4 is 17.6 Å². The summed E-state index contributed by atoms with van der Waals surface area (Å²) in [6.45, 7) is 0.408. The Morgan fingerprint density at radius 1 is 1.23 bits per heavy atom. The Kier molecular flexibility index (Phi) is 2.75. The lowest BCUT2D eigenvalue weighted by Gasteiger charge is -2.19. The van der Waals surface area contributed by atoms with E-state index >= 15 is 0 Å². The SMILES string of the molecule is N#Cc1ccc(N2C(=O)[C@@H]3C(O)CCN3C2=O)c2c1CCC2. The quantitative estimate of drug-likeness (QED) is 0.782. The number of amides is 3. The maximum Gasteiger partial charge on any atom is 0.332 e. The van der Waals surface area contributed by atoms with Crippen molar-refractivity contribution in [3.8, 4) is 6.07 Å². The summed E-state index contributed by atoms with van der Waals surface area (Å²) < 4.78 is 0. The van der Waals surface area contributed by atoms with Crippen LogP contribution in [0.25, 0.3) is 0 Å². The van der Waals surface area contributed by atoms with Crippen LogP contribution in [0.1, 0.15) is 29.5 Å². The van der Waals surface area contributed by atoms with E-state index in [-0.39, 0.29) is 11.9 Å². The molecule has 4 rings (SSSR count). The van der Waals surface area contributed by atoms with Gasteiger partial charge in [0.05, 0.1) is 23.4 Å². The third-order valence-electron chi connectivity index (χ3n) is 4.90. The Bertz CT molecular complexity index is 737. The Labute approximate surface area is 127 Å². The number of hydrogen-bond donors (Lipinski definition) is 1. The molecule has 2 atom stereocenters. The topological polar surface area (TPSA) is 84.6 Å². The van der Waals surface area contributed by atoms with Crippen molar-refractivity contribution in [2.45, 2.75) is 37.8 Å².